The van der Waals surface area contributed by atoms with Crippen molar-refractivity contribution in [3.63, 3.8) is 0 Å². The van der Waals surface area contributed by atoms with Crippen LogP contribution in [-0.2, 0) is 10.3 Å². The van der Waals surface area contributed by atoms with E-state index in [1.807, 2.05) is 6.07 Å². The third-order valence-corrected chi connectivity index (χ3v) is 3.57. The van der Waals surface area contributed by atoms with E-state index in [1.54, 1.807) is 18.2 Å². The standard InChI is InChI=1S/C14H10Cl3FN2O2/c15-14(16,17)7-13(8-21-13)9-2-1-3-10(6-9)22-12-5-4-11(18)19-20-12/h1-6H,7-8H2. The van der Waals surface area contributed by atoms with E-state index < -0.39 is 15.3 Å². The average Bonchev–Trinajstić information content (AvgIpc) is 3.21. The van der Waals surface area contributed by atoms with Gasteiger partial charge in [-0.3, -0.25) is 0 Å². The number of ether oxygens (including phenoxy) is 2. The molecule has 0 aliphatic carbocycles. The Hall–Kier alpha value is -1.14. The highest BCUT2D eigenvalue weighted by atomic mass is 35.6. The topological polar surface area (TPSA) is 47.5 Å². The maximum Gasteiger partial charge on any atom is 0.239 e. The lowest BCUT2D eigenvalue weighted by Crippen LogP contribution is -2.18. The van der Waals surface area contributed by atoms with Gasteiger partial charge in [0, 0.05) is 18.6 Å². The second-order valence-electron chi connectivity index (χ2n) is 4.90. The van der Waals surface area contributed by atoms with E-state index in [0.717, 1.165) is 5.56 Å². The van der Waals surface area contributed by atoms with Crippen LogP contribution in [0.15, 0.2) is 36.4 Å². The first-order valence-electron chi connectivity index (χ1n) is 6.35. The Bertz CT molecular complexity index is 673. The second kappa shape index (κ2) is 5.81. The van der Waals surface area contributed by atoms with Crippen LogP contribution in [0.5, 0.6) is 11.6 Å². The number of epoxide rings is 1. The largest absolute Gasteiger partial charge is 0.438 e. The van der Waals surface area contributed by atoms with Gasteiger partial charge in [0.15, 0.2) is 3.79 Å². The van der Waals surface area contributed by atoms with Crippen LogP contribution < -0.4 is 4.74 Å². The summed E-state index contributed by atoms with van der Waals surface area (Å²) in [6.45, 7) is 0.473. The molecule has 4 nitrogen and oxygen atoms in total. The number of nitrogens with zero attached hydrogens (tertiary/aromatic N) is 2. The second-order valence-corrected chi connectivity index (χ2v) is 7.42. The molecule has 3 rings (SSSR count). The Balaban J connectivity index is 1.80. The Kier molecular flexibility index (Phi) is 4.16. The SMILES string of the molecule is Fc1ccc(Oc2cccc(C3(CC(Cl)(Cl)Cl)CO3)c2)nn1. The Morgan fingerprint density at radius 1 is 1.23 bits per heavy atom. The third-order valence-electron chi connectivity index (χ3n) is 3.17. The number of aromatic nitrogens is 2. The van der Waals surface area contributed by atoms with Crippen molar-refractivity contribution < 1.29 is 13.9 Å². The predicted molar refractivity (Wildman–Crippen MR) is 81.0 cm³/mol. The zero-order valence-corrected chi connectivity index (χ0v) is 13.4. The molecule has 2 aromatic rings. The highest BCUT2D eigenvalue weighted by molar-refractivity contribution is 6.67. The van der Waals surface area contributed by atoms with Gasteiger partial charge in [0.2, 0.25) is 11.8 Å². The van der Waals surface area contributed by atoms with Gasteiger partial charge in [0.25, 0.3) is 0 Å². The number of hydrogen-bond donors (Lipinski definition) is 0. The summed E-state index contributed by atoms with van der Waals surface area (Å²) in [5.74, 6) is 0.0254. The molecule has 1 aliphatic heterocycles. The van der Waals surface area contributed by atoms with Crippen LogP contribution in [0, 0.1) is 5.95 Å². The van der Waals surface area contributed by atoms with Crippen molar-refractivity contribution >= 4 is 34.8 Å². The van der Waals surface area contributed by atoms with E-state index in [4.69, 9.17) is 44.3 Å². The van der Waals surface area contributed by atoms with Gasteiger partial charge in [-0.05, 0) is 17.7 Å². The molecular weight excluding hydrogens is 354 g/mol. The number of rotatable bonds is 4. The lowest BCUT2D eigenvalue weighted by atomic mass is 9.97. The van der Waals surface area contributed by atoms with Crippen LogP contribution in [0.2, 0.25) is 0 Å². The van der Waals surface area contributed by atoms with Crippen LogP contribution in [0.25, 0.3) is 0 Å². The molecule has 0 amide bonds. The van der Waals surface area contributed by atoms with E-state index in [9.17, 15) is 4.39 Å². The van der Waals surface area contributed by atoms with Crippen LogP contribution >= 0.6 is 34.8 Å². The van der Waals surface area contributed by atoms with Gasteiger partial charge in [-0.15, -0.1) is 10.2 Å². The Morgan fingerprint density at radius 3 is 2.59 bits per heavy atom. The zero-order chi connectivity index (χ0) is 15.8. The van der Waals surface area contributed by atoms with Crippen LogP contribution in [0.1, 0.15) is 12.0 Å². The van der Waals surface area contributed by atoms with Crippen LogP contribution in [0.4, 0.5) is 4.39 Å². The fourth-order valence-electron chi connectivity index (χ4n) is 2.10. The lowest BCUT2D eigenvalue weighted by Gasteiger charge is -2.18. The number of halogens is 4. The number of benzene rings is 1. The molecule has 0 spiro atoms. The van der Waals surface area contributed by atoms with E-state index >= 15 is 0 Å². The first kappa shape index (κ1) is 15.7. The van der Waals surface area contributed by atoms with Crippen molar-refractivity contribution in [1.29, 1.82) is 0 Å². The van der Waals surface area contributed by atoms with Gasteiger partial charge in [-0.2, -0.15) is 4.39 Å². The molecule has 116 valence electrons. The first-order valence-corrected chi connectivity index (χ1v) is 7.48. The molecule has 2 heterocycles. The van der Waals surface area contributed by atoms with Gasteiger partial charge < -0.3 is 9.47 Å². The molecule has 0 saturated carbocycles. The summed E-state index contributed by atoms with van der Waals surface area (Å²) in [5.41, 5.74) is 0.227. The summed E-state index contributed by atoms with van der Waals surface area (Å²) in [7, 11) is 0. The highest BCUT2D eigenvalue weighted by Crippen LogP contribution is 2.50. The molecule has 22 heavy (non-hydrogen) atoms. The zero-order valence-electron chi connectivity index (χ0n) is 11.1. The normalized spacial score (nSPS) is 20.7. The van der Waals surface area contributed by atoms with Gasteiger partial charge in [0.05, 0.1) is 6.61 Å². The monoisotopic (exact) mass is 362 g/mol. The molecule has 0 radical (unpaired) electrons. The van der Waals surface area contributed by atoms with Crippen LogP contribution in [0.3, 0.4) is 0 Å². The van der Waals surface area contributed by atoms with Gasteiger partial charge in [-0.25, -0.2) is 0 Å². The molecule has 1 aromatic carbocycles. The molecule has 1 atom stereocenters. The Morgan fingerprint density at radius 2 is 2.00 bits per heavy atom. The summed E-state index contributed by atoms with van der Waals surface area (Å²) in [4.78, 5) is 0. The molecule has 1 fully saturated rings. The van der Waals surface area contributed by atoms with Crippen LogP contribution in [-0.4, -0.2) is 20.6 Å². The lowest BCUT2D eigenvalue weighted by molar-refractivity contribution is 0.294. The average molecular weight is 364 g/mol. The van der Waals surface area contributed by atoms with Gasteiger partial charge in [-0.1, -0.05) is 46.9 Å². The van der Waals surface area contributed by atoms with E-state index in [1.165, 1.54) is 12.1 Å². The number of hydrogen-bond acceptors (Lipinski definition) is 4. The van der Waals surface area contributed by atoms with Crippen molar-refractivity contribution in [3.05, 3.63) is 47.9 Å². The molecule has 1 aromatic heterocycles. The quantitative estimate of drug-likeness (QED) is 0.597. The van der Waals surface area contributed by atoms with Crippen molar-refractivity contribution in [1.82, 2.24) is 10.2 Å². The molecular formula is C14H10Cl3FN2O2. The predicted octanol–water partition coefficient (Wildman–Crippen LogP) is 4.39. The van der Waals surface area contributed by atoms with E-state index in [-0.39, 0.29) is 12.3 Å². The Labute approximate surface area is 141 Å². The maximum absolute atomic E-state index is 12.7. The molecule has 8 heteroatoms. The van der Waals surface area contributed by atoms with Gasteiger partial charge in [0.1, 0.15) is 11.4 Å². The summed E-state index contributed by atoms with van der Waals surface area (Å²) in [6.07, 6.45) is 0.241. The summed E-state index contributed by atoms with van der Waals surface area (Å²) in [6, 6.07) is 9.73. The first-order chi connectivity index (χ1) is 10.4. The minimum absolute atomic E-state index is 0.186. The summed E-state index contributed by atoms with van der Waals surface area (Å²) < 4.78 is 22.3. The molecule has 1 saturated heterocycles. The van der Waals surface area contributed by atoms with Gasteiger partial charge >= 0.3 is 0 Å². The highest BCUT2D eigenvalue weighted by Gasteiger charge is 2.51. The van der Waals surface area contributed by atoms with Crippen molar-refractivity contribution in [3.8, 4) is 11.6 Å². The fraction of sp³-hybridized carbons (Fsp3) is 0.286. The molecule has 0 N–H and O–H groups in total. The molecule has 1 unspecified atom stereocenters. The summed E-state index contributed by atoms with van der Waals surface area (Å²) in [5, 5.41) is 6.89. The van der Waals surface area contributed by atoms with E-state index in [0.29, 0.717) is 12.4 Å². The fourth-order valence-corrected chi connectivity index (χ4v) is 2.75. The van der Waals surface area contributed by atoms with Crippen molar-refractivity contribution in [2.24, 2.45) is 0 Å². The minimum atomic E-state index is -1.41. The summed E-state index contributed by atoms with van der Waals surface area (Å²) >= 11 is 17.6. The van der Waals surface area contributed by atoms with E-state index in [2.05, 4.69) is 10.2 Å². The minimum Gasteiger partial charge on any atom is -0.438 e. The van der Waals surface area contributed by atoms with Crippen molar-refractivity contribution in [2.75, 3.05) is 6.61 Å². The molecule has 0 bridgehead atoms. The molecule has 1 aliphatic rings. The third kappa shape index (κ3) is 3.79. The van der Waals surface area contributed by atoms with Crippen molar-refractivity contribution in [2.45, 2.75) is 15.8 Å². The smallest absolute Gasteiger partial charge is 0.239 e. The number of alkyl halides is 3. The maximum atomic E-state index is 12.7.